The van der Waals surface area contributed by atoms with Gasteiger partial charge in [-0.25, -0.2) is 9.98 Å². The van der Waals surface area contributed by atoms with Crippen molar-refractivity contribution in [2.75, 3.05) is 7.05 Å². The van der Waals surface area contributed by atoms with Gasteiger partial charge >= 0.3 is 4.87 Å². The molecule has 0 unspecified atom stereocenters. The zero-order valence-corrected chi connectivity index (χ0v) is 11.3. The second-order valence-corrected chi connectivity index (χ2v) is 5.08. The molecular weight excluding hydrogens is 276 g/mol. The molecule has 2 heterocycles. The fourth-order valence-electron chi connectivity index (χ4n) is 1.91. The monoisotopic (exact) mass is 286 g/mol. The van der Waals surface area contributed by atoms with E-state index in [0.717, 1.165) is 27.5 Å². The molecule has 1 aliphatic heterocycles. The Labute approximate surface area is 117 Å². The average Bonchev–Trinajstić information content (AvgIpc) is 2.76. The molecule has 0 bridgehead atoms. The zero-order valence-electron chi connectivity index (χ0n) is 10.5. The van der Waals surface area contributed by atoms with Gasteiger partial charge < -0.3 is 5.11 Å². The molecule has 0 amide bonds. The molecule has 0 spiro atoms. The molecule has 7 heteroatoms. The van der Waals surface area contributed by atoms with Crippen molar-refractivity contribution in [2.24, 2.45) is 15.0 Å². The van der Waals surface area contributed by atoms with E-state index in [2.05, 4.69) is 20.0 Å². The lowest BCUT2D eigenvalue weighted by Crippen LogP contribution is -2.22. The fraction of sp³-hybridized carbons (Fsp3) is 0.0769. The van der Waals surface area contributed by atoms with Crippen molar-refractivity contribution in [3.05, 3.63) is 48.9 Å². The molecule has 0 radical (unpaired) electrons. The Bertz CT molecular complexity index is 905. The zero-order chi connectivity index (χ0) is 14.1. The number of hydrogen-bond donors (Lipinski definition) is 2. The van der Waals surface area contributed by atoms with E-state index in [-0.39, 0.29) is 10.8 Å². The third-order valence-corrected chi connectivity index (χ3v) is 3.62. The number of nitrogens with zero attached hydrogens (tertiary/aromatic N) is 3. The Morgan fingerprint density at radius 1 is 1.45 bits per heavy atom. The van der Waals surface area contributed by atoms with E-state index in [1.54, 1.807) is 13.1 Å². The van der Waals surface area contributed by atoms with Crippen molar-refractivity contribution in [1.82, 2.24) is 4.98 Å². The van der Waals surface area contributed by atoms with Gasteiger partial charge in [0.2, 0.25) is 5.88 Å². The van der Waals surface area contributed by atoms with Crippen LogP contribution in [0.4, 0.5) is 0 Å². The van der Waals surface area contributed by atoms with Crippen LogP contribution in [-0.2, 0) is 0 Å². The minimum Gasteiger partial charge on any atom is -0.493 e. The van der Waals surface area contributed by atoms with Crippen molar-refractivity contribution in [2.45, 2.75) is 0 Å². The summed E-state index contributed by atoms with van der Waals surface area (Å²) >= 11 is 0.953. The number of benzene rings is 1. The number of aliphatic imine (C=N–C) groups is 2. The molecule has 2 N–H and O–H groups in total. The average molecular weight is 286 g/mol. The number of fused-ring (bicyclic) bond motifs is 1. The van der Waals surface area contributed by atoms with E-state index >= 15 is 0 Å². The first-order valence-corrected chi connectivity index (χ1v) is 6.60. The third kappa shape index (κ3) is 2.19. The lowest BCUT2D eigenvalue weighted by Gasteiger charge is -2.04. The number of hydrogen-bond acceptors (Lipinski definition) is 5. The van der Waals surface area contributed by atoms with Crippen molar-refractivity contribution in [1.29, 1.82) is 0 Å². The number of aromatic nitrogens is 1. The van der Waals surface area contributed by atoms with Crippen LogP contribution in [0.15, 0.2) is 38.0 Å². The van der Waals surface area contributed by atoms with E-state index in [1.807, 2.05) is 18.2 Å². The number of aromatic hydroxyl groups is 1. The molecule has 1 aromatic heterocycles. The molecule has 0 saturated heterocycles. The second-order valence-electron chi connectivity index (χ2n) is 4.07. The topological polar surface area (TPSA) is 90.2 Å². The molecule has 20 heavy (non-hydrogen) atoms. The fourth-order valence-corrected chi connectivity index (χ4v) is 2.60. The SMILES string of the molecule is CN=C1N=CN=c2ccc(=Cc3sc(=O)[nH]c3O)cc21. The third-order valence-electron chi connectivity index (χ3n) is 2.80. The van der Waals surface area contributed by atoms with Gasteiger partial charge in [0, 0.05) is 12.6 Å². The molecule has 0 aliphatic carbocycles. The lowest BCUT2D eigenvalue weighted by atomic mass is 10.1. The molecule has 3 rings (SSSR count). The van der Waals surface area contributed by atoms with Gasteiger partial charge in [-0.3, -0.25) is 14.8 Å². The Balaban J connectivity index is 2.19. The summed E-state index contributed by atoms with van der Waals surface area (Å²) in [5.41, 5.74) is 0.825. The highest BCUT2D eigenvalue weighted by molar-refractivity contribution is 7.10. The Morgan fingerprint density at radius 2 is 2.30 bits per heavy atom. The van der Waals surface area contributed by atoms with E-state index in [9.17, 15) is 9.90 Å². The van der Waals surface area contributed by atoms with Crippen LogP contribution >= 0.6 is 11.3 Å². The smallest absolute Gasteiger partial charge is 0.307 e. The van der Waals surface area contributed by atoms with Gasteiger partial charge in [0.25, 0.3) is 0 Å². The summed E-state index contributed by atoms with van der Waals surface area (Å²) in [7, 11) is 1.67. The molecule has 6 nitrogen and oxygen atoms in total. The molecule has 0 saturated carbocycles. The van der Waals surface area contributed by atoms with Gasteiger partial charge in [0.1, 0.15) is 6.34 Å². The molecule has 1 aliphatic rings. The highest BCUT2D eigenvalue weighted by atomic mass is 32.1. The van der Waals surface area contributed by atoms with Gasteiger partial charge in [-0.2, -0.15) is 0 Å². The second kappa shape index (κ2) is 4.86. The Hall–Kier alpha value is -2.54. The van der Waals surface area contributed by atoms with Gasteiger partial charge in [-0.05, 0) is 23.4 Å². The maximum atomic E-state index is 11.2. The van der Waals surface area contributed by atoms with E-state index < -0.39 is 0 Å². The first kappa shape index (κ1) is 12.5. The standard InChI is InChI=1S/C13H10N4O2S/c1-14-11-8-4-7(2-3-9(8)15-6-16-11)5-10-12(18)17-13(19)20-10/h2-6,18H,1H3,(H,17,19). The summed E-state index contributed by atoms with van der Waals surface area (Å²) < 4.78 is 0. The molecule has 0 atom stereocenters. The summed E-state index contributed by atoms with van der Waals surface area (Å²) in [6.07, 6.45) is 3.20. The molecule has 100 valence electrons. The van der Waals surface area contributed by atoms with Gasteiger partial charge in [-0.15, -0.1) is 0 Å². The van der Waals surface area contributed by atoms with Crippen LogP contribution in [0.3, 0.4) is 0 Å². The molecule has 1 aromatic carbocycles. The first-order valence-electron chi connectivity index (χ1n) is 5.79. The lowest BCUT2D eigenvalue weighted by molar-refractivity contribution is 0.455. The summed E-state index contributed by atoms with van der Waals surface area (Å²) in [4.78, 5) is 26.1. The minimum atomic E-state index is -0.290. The van der Waals surface area contributed by atoms with Gasteiger partial charge in [-0.1, -0.05) is 17.4 Å². The largest absolute Gasteiger partial charge is 0.493 e. The van der Waals surface area contributed by atoms with E-state index in [1.165, 1.54) is 6.34 Å². The predicted octanol–water partition coefficient (Wildman–Crippen LogP) is 0.00870. The van der Waals surface area contributed by atoms with Gasteiger partial charge in [0.15, 0.2) is 5.84 Å². The molecule has 0 fully saturated rings. The first-order chi connectivity index (χ1) is 9.67. The van der Waals surface area contributed by atoms with Crippen LogP contribution in [0.25, 0.3) is 6.08 Å². The van der Waals surface area contributed by atoms with Crippen molar-refractivity contribution in [3.8, 4) is 5.88 Å². The summed E-state index contributed by atoms with van der Waals surface area (Å²) in [6.45, 7) is 0. The van der Waals surface area contributed by atoms with Crippen LogP contribution in [-0.4, -0.2) is 29.3 Å². The van der Waals surface area contributed by atoms with Crippen molar-refractivity contribution >= 4 is 29.6 Å². The van der Waals surface area contributed by atoms with Crippen LogP contribution in [0, 0.1) is 0 Å². The highest BCUT2D eigenvalue weighted by Gasteiger charge is 2.08. The maximum absolute atomic E-state index is 11.2. The van der Waals surface area contributed by atoms with Crippen LogP contribution in [0.2, 0.25) is 0 Å². The van der Waals surface area contributed by atoms with Crippen molar-refractivity contribution < 1.29 is 5.11 Å². The number of aromatic amines is 1. The van der Waals surface area contributed by atoms with Crippen molar-refractivity contribution in [3.63, 3.8) is 0 Å². The highest BCUT2D eigenvalue weighted by Crippen LogP contribution is 2.15. The number of rotatable bonds is 1. The van der Waals surface area contributed by atoms with Crippen LogP contribution in [0.5, 0.6) is 5.88 Å². The summed E-state index contributed by atoms with van der Waals surface area (Å²) in [6, 6.07) is 5.59. The van der Waals surface area contributed by atoms with Gasteiger partial charge in [0.05, 0.1) is 10.2 Å². The van der Waals surface area contributed by atoms with E-state index in [0.29, 0.717) is 10.7 Å². The number of thiazole rings is 1. The maximum Gasteiger partial charge on any atom is 0.307 e. The number of H-pyrrole nitrogens is 1. The summed E-state index contributed by atoms with van der Waals surface area (Å²) in [5.74, 6) is 0.488. The minimum absolute atomic E-state index is 0.121. The van der Waals surface area contributed by atoms with E-state index in [4.69, 9.17) is 0 Å². The quantitative estimate of drug-likeness (QED) is 0.773. The predicted molar refractivity (Wildman–Crippen MR) is 78.3 cm³/mol. The normalized spacial score (nSPS) is 16.2. The number of amidine groups is 1. The Morgan fingerprint density at radius 3 is 3.00 bits per heavy atom. The molecular formula is C13H10N4O2S. The van der Waals surface area contributed by atoms with Crippen LogP contribution in [0.1, 0.15) is 10.4 Å². The number of nitrogens with one attached hydrogen (secondary N) is 1. The summed E-state index contributed by atoms with van der Waals surface area (Å²) in [5, 5.41) is 11.2. The molecule has 2 aromatic rings. The Kier molecular flexibility index (Phi) is 3.03. The van der Waals surface area contributed by atoms with Crippen LogP contribution < -0.4 is 15.4 Å².